The molecule has 0 aliphatic carbocycles. The lowest BCUT2D eigenvalue weighted by molar-refractivity contribution is -0.385. The number of nitro groups is 1. The van der Waals surface area contributed by atoms with Crippen LogP contribution in [0.15, 0.2) is 12.1 Å². The summed E-state index contributed by atoms with van der Waals surface area (Å²) >= 11 is 0. The molecule has 0 heterocycles. The molecule has 0 bridgehead atoms. The van der Waals surface area contributed by atoms with Crippen molar-refractivity contribution in [2.45, 2.75) is 26.7 Å². The summed E-state index contributed by atoms with van der Waals surface area (Å²) in [4.78, 5) is 34.5. The van der Waals surface area contributed by atoms with Crippen LogP contribution in [0.1, 0.15) is 34.3 Å². The van der Waals surface area contributed by atoms with Crippen LogP contribution in [0.25, 0.3) is 0 Å². The minimum atomic E-state index is -0.919. The van der Waals surface area contributed by atoms with Crippen molar-refractivity contribution in [3.8, 4) is 0 Å². The summed E-state index contributed by atoms with van der Waals surface area (Å²) in [5.41, 5.74) is 1.34. The number of nitro benzene ring substituents is 1. The second kappa shape index (κ2) is 6.83. The predicted octanol–water partition coefficient (Wildman–Crippen LogP) is 2.15. The van der Waals surface area contributed by atoms with Crippen LogP contribution in [0.5, 0.6) is 0 Å². The molecule has 21 heavy (non-hydrogen) atoms. The van der Waals surface area contributed by atoms with Crippen molar-refractivity contribution in [2.24, 2.45) is 0 Å². The van der Waals surface area contributed by atoms with Gasteiger partial charge in [-0.2, -0.15) is 0 Å². The quantitative estimate of drug-likeness (QED) is 0.640. The summed E-state index contributed by atoms with van der Waals surface area (Å²) < 4.78 is 0. The fourth-order valence-electron chi connectivity index (χ4n) is 2.04. The highest BCUT2D eigenvalue weighted by Crippen LogP contribution is 2.23. The molecule has 1 rings (SSSR count). The number of carbonyl (C=O) groups is 2. The molecule has 1 aromatic rings. The molecule has 7 nitrogen and oxygen atoms in total. The highest BCUT2D eigenvalue weighted by Gasteiger charge is 2.20. The summed E-state index contributed by atoms with van der Waals surface area (Å²) in [6.45, 7) is 3.62. The number of carboxylic acid groups (broad SMARTS) is 1. The van der Waals surface area contributed by atoms with Gasteiger partial charge in [-0.05, 0) is 31.9 Å². The van der Waals surface area contributed by atoms with E-state index in [1.807, 2.05) is 0 Å². The predicted molar refractivity (Wildman–Crippen MR) is 76.4 cm³/mol. The second-order valence-electron chi connectivity index (χ2n) is 4.93. The zero-order valence-electron chi connectivity index (χ0n) is 12.3. The third-order valence-electron chi connectivity index (χ3n) is 3.20. The van der Waals surface area contributed by atoms with E-state index in [9.17, 15) is 19.7 Å². The van der Waals surface area contributed by atoms with Crippen molar-refractivity contribution in [1.82, 2.24) is 4.90 Å². The van der Waals surface area contributed by atoms with Gasteiger partial charge in [-0.15, -0.1) is 0 Å². The summed E-state index contributed by atoms with van der Waals surface area (Å²) in [5.74, 6) is -1.26. The van der Waals surface area contributed by atoms with Gasteiger partial charge in [0, 0.05) is 37.2 Å². The summed E-state index contributed by atoms with van der Waals surface area (Å²) in [5, 5.41) is 19.5. The number of nitrogens with zero attached hydrogens (tertiary/aromatic N) is 2. The number of aliphatic carboxylic acids is 1. The molecule has 0 fully saturated rings. The second-order valence-corrected chi connectivity index (χ2v) is 4.93. The monoisotopic (exact) mass is 294 g/mol. The van der Waals surface area contributed by atoms with Crippen molar-refractivity contribution in [1.29, 1.82) is 0 Å². The number of hydrogen-bond donors (Lipinski definition) is 1. The standard InChI is InChI=1S/C14H18N2O5/c1-9-7-10(2)12(16(20)21)8-11(9)14(19)15(3)6-4-5-13(17)18/h7-8H,4-6H2,1-3H3,(H,17,18). The average Bonchev–Trinajstić information content (AvgIpc) is 2.37. The van der Waals surface area contributed by atoms with E-state index in [2.05, 4.69) is 0 Å². The van der Waals surface area contributed by atoms with Crippen LogP contribution in [-0.4, -0.2) is 40.4 Å². The maximum Gasteiger partial charge on any atom is 0.303 e. The molecule has 0 atom stereocenters. The number of amides is 1. The van der Waals surface area contributed by atoms with Crippen LogP contribution in [0.2, 0.25) is 0 Å². The molecule has 0 radical (unpaired) electrons. The van der Waals surface area contributed by atoms with Crippen LogP contribution in [-0.2, 0) is 4.79 Å². The Bertz CT molecular complexity index is 583. The first-order valence-electron chi connectivity index (χ1n) is 6.47. The fraction of sp³-hybridized carbons (Fsp3) is 0.429. The third-order valence-corrected chi connectivity index (χ3v) is 3.20. The minimum Gasteiger partial charge on any atom is -0.481 e. The molecule has 0 unspecified atom stereocenters. The van der Waals surface area contributed by atoms with Crippen LogP contribution < -0.4 is 0 Å². The Morgan fingerprint density at radius 1 is 1.29 bits per heavy atom. The SMILES string of the molecule is Cc1cc(C)c([N+](=O)[O-])cc1C(=O)N(C)CCCC(=O)O. The van der Waals surface area contributed by atoms with Crippen molar-refractivity contribution in [2.75, 3.05) is 13.6 Å². The van der Waals surface area contributed by atoms with Gasteiger partial charge in [-0.1, -0.05) is 0 Å². The van der Waals surface area contributed by atoms with Crippen molar-refractivity contribution < 1.29 is 19.6 Å². The van der Waals surface area contributed by atoms with E-state index in [0.29, 0.717) is 17.5 Å². The Balaban J connectivity index is 2.93. The van der Waals surface area contributed by atoms with E-state index in [1.165, 1.54) is 11.0 Å². The average molecular weight is 294 g/mol. The molecule has 1 aromatic carbocycles. The maximum atomic E-state index is 12.3. The molecule has 114 valence electrons. The van der Waals surface area contributed by atoms with Crippen molar-refractivity contribution >= 4 is 17.6 Å². The molecular formula is C14H18N2O5. The van der Waals surface area contributed by atoms with Gasteiger partial charge >= 0.3 is 5.97 Å². The van der Waals surface area contributed by atoms with E-state index in [1.54, 1.807) is 27.0 Å². The van der Waals surface area contributed by atoms with Crippen molar-refractivity contribution in [3.05, 3.63) is 38.9 Å². The minimum absolute atomic E-state index is 0.0232. The van der Waals surface area contributed by atoms with Gasteiger partial charge in [0.25, 0.3) is 11.6 Å². The first-order valence-corrected chi connectivity index (χ1v) is 6.47. The number of aryl methyl sites for hydroxylation is 2. The Morgan fingerprint density at radius 3 is 2.43 bits per heavy atom. The molecule has 0 aliphatic rings. The van der Waals surface area contributed by atoms with E-state index < -0.39 is 10.9 Å². The van der Waals surface area contributed by atoms with E-state index in [-0.39, 0.29) is 30.1 Å². The first-order chi connectivity index (χ1) is 9.73. The maximum absolute atomic E-state index is 12.3. The van der Waals surface area contributed by atoms with Gasteiger partial charge in [-0.25, -0.2) is 0 Å². The Labute approximate surface area is 122 Å². The van der Waals surface area contributed by atoms with Crippen LogP contribution in [0.4, 0.5) is 5.69 Å². The topological polar surface area (TPSA) is 101 Å². The molecule has 0 aliphatic heterocycles. The number of benzene rings is 1. The summed E-state index contributed by atoms with van der Waals surface area (Å²) in [7, 11) is 1.55. The highest BCUT2D eigenvalue weighted by atomic mass is 16.6. The number of rotatable bonds is 6. The number of hydrogen-bond acceptors (Lipinski definition) is 4. The van der Waals surface area contributed by atoms with E-state index in [0.717, 1.165) is 0 Å². The van der Waals surface area contributed by atoms with Crippen molar-refractivity contribution in [3.63, 3.8) is 0 Å². The fourth-order valence-corrected chi connectivity index (χ4v) is 2.04. The largest absolute Gasteiger partial charge is 0.481 e. The smallest absolute Gasteiger partial charge is 0.303 e. The zero-order chi connectivity index (χ0) is 16.2. The van der Waals surface area contributed by atoms with E-state index >= 15 is 0 Å². The van der Waals surface area contributed by atoms with Gasteiger partial charge in [0.15, 0.2) is 0 Å². The number of carboxylic acids is 1. The Kier molecular flexibility index (Phi) is 5.40. The number of carbonyl (C=O) groups excluding carboxylic acids is 1. The molecule has 0 aromatic heterocycles. The van der Waals surface area contributed by atoms with Gasteiger partial charge in [-0.3, -0.25) is 19.7 Å². The lowest BCUT2D eigenvalue weighted by Gasteiger charge is -2.18. The molecule has 0 saturated carbocycles. The Hall–Kier alpha value is -2.44. The summed E-state index contributed by atoms with van der Waals surface area (Å²) in [6, 6.07) is 2.89. The Morgan fingerprint density at radius 2 is 1.90 bits per heavy atom. The normalized spacial score (nSPS) is 10.2. The van der Waals surface area contributed by atoms with Crippen LogP contribution in [0, 0.1) is 24.0 Å². The molecule has 7 heteroatoms. The van der Waals surface area contributed by atoms with Gasteiger partial charge in [0.05, 0.1) is 4.92 Å². The molecular weight excluding hydrogens is 276 g/mol. The lowest BCUT2D eigenvalue weighted by Crippen LogP contribution is -2.28. The lowest BCUT2D eigenvalue weighted by atomic mass is 10.0. The summed E-state index contributed by atoms with van der Waals surface area (Å²) in [6.07, 6.45) is 0.315. The van der Waals surface area contributed by atoms with Crippen LogP contribution >= 0.6 is 0 Å². The molecule has 0 spiro atoms. The third kappa shape index (κ3) is 4.27. The van der Waals surface area contributed by atoms with Gasteiger partial charge in [0.1, 0.15) is 0 Å². The molecule has 1 N–H and O–H groups in total. The highest BCUT2D eigenvalue weighted by molar-refractivity contribution is 5.96. The van der Waals surface area contributed by atoms with Gasteiger partial charge < -0.3 is 10.0 Å². The molecule has 0 saturated heterocycles. The molecule has 1 amide bonds. The van der Waals surface area contributed by atoms with Gasteiger partial charge in [0.2, 0.25) is 0 Å². The first kappa shape index (κ1) is 16.6. The van der Waals surface area contributed by atoms with E-state index in [4.69, 9.17) is 5.11 Å². The zero-order valence-corrected chi connectivity index (χ0v) is 12.3. The van der Waals surface area contributed by atoms with Crippen LogP contribution in [0.3, 0.4) is 0 Å².